The van der Waals surface area contributed by atoms with Crippen molar-refractivity contribution in [2.24, 2.45) is 10.2 Å². The Balaban J connectivity index is 2.06. The van der Waals surface area contributed by atoms with E-state index in [4.69, 9.17) is 9.47 Å². The highest BCUT2D eigenvalue weighted by Gasteiger charge is 2.16. The van der Waals surface area contributed by atoms with Gasteiger partial charge in [0, 0.05) is 10.0 Å². The van der Waals surface area contributed by atoms with E-state index >= 15 is 0 Å². The maximum Gasteiger partial charge on any atom is 0.344 e. The molecule has 1 saturated heterocycles. The molecule has 7 nitrogen and oxygen atoms in total. The van der Waals surface area contributed by atoms with Gasteiger partial charge >= 0.3 is 5.97 Å². The summed E-state index contributed by atoms with van der Waals surface area (Å²) in [6.07, 6.45) is 1.49. The number of halogens is 1. The lowest BCUT2D eigenvalue weighted by Gasteiger charge is -2.08. The number of nitrogens with one attached hydrogen (secondary N) is 1. The second kappa shape index (κ2) is 8.68. The number of carbonyl (C=O) groups excluding carboxylic acids is 2. The summed E-state index contributed by atoms with van der Waals surface area (Å²) in [6, 6.07) is 5.28. The molecule has 1 amide bonds. The lowest BCUT2D eigenvalue weighted by Crippen LogP contribution is -2.19. The van der Waals surface area contributed by atoms with E-state index in [1.807, 2.05) is 0 Å². The molecule has 1 aliphatic heterocycles. The fourth-order valence-corrected chi connectivity index (χ4v) is 2.62. The van der Waals surface area contributed by atoms with Crippen molar-refractivity contribution in [2.75, 3.05) is 19.0 Å². The van der Waals surface area contributed by atoms with Crippen molar-refractivity contribution in [1.82, 2.24) is 5.32 Å². The molecule has 1 aromatic carbocycles. The van der Waals surface area contributed by atoms with Crippen LogP contribution in [0.2, 0.25) is 0 Å². The first-order chi connectivity index (χ1) is 11.1. The zero-order valence-electron chi connectivity index (χ0n) is 12.2. The average Bonchev–Trinajstić information content (AvgIpc) is 2.92. The van der Waals surface area contributed by atoms with Gasteiger partial charge < -0.3 is 14.8 Å². The molecule has 1 fully saturated rings. The normalized spacial score (nSPS) is 15.9. The van der Waals surface area contributed by atoms with Crippen LogP contribution in [-0.2, 0) is 14.3 Å². The van der Waals surface area contributed by atoms with Crippen molar-refractivity contribution >= 4 is 51.0 Å². The Morgan fingerprint density at radius 2 is 2.35 bits per heavy atom. The molecule has 0 aromatic heterocycles. The van der Waals surface area contributed by atoms with Crippen LogP contribution < -0.4 is 10.1 Å². The maximum absolute atomic E-state index is 11.4. The molecule has 0 saturated carbocycles. The minimum atomic E-state index is -0.441. The highest BCUT2D eigenvalue weighted by molar-refractivity contribution is 9.10. The SMILES string of the molecule is CCOC(=O)COc1ccc(Br)cc1C=NN=C1NC(=O)CS1. The van der Waals surface area contributed by atoms with Crippen LogP contribution in [0.5, 0.6) is 5.75 Å². The van der Waals surface area contributed by atoms with Gasteiger partial charge in [-0.2, -0.15) is 5.10 Å². The highest BCUT2D eigenvalue weighted by Crippen LogP contribution is 2.22. The fraction of sp³-hybridized carbons (Fsp3) is 0.286. The smallest absolute Gasteiger partial charge is 0.344 e. The Labute approximate surface area is 145 Å². The van der Waals surface area contributed by atoms with Gasteiger partial charge in [-0.15, -0.1) is 5.10 Å². The minimum absolute atomic E-state index is 0.0927. The molecule has 0 bridgehead atoms. The number of carbonyl (C=O) groups is 2. The molecule has 0 spiro atoms. The van der Waals surface area contributed by atoms with Crippen molar-refractivity contribution in [3.05, 3.63) is 28.2 Å². The molecule has 23 heavy (non-hydrogen) atoms. The predicted molar refractivity (Wildman–Crippen MR) is 91.9 cm³/mol. The van der Waals surface area contributed by atoms with E-state index in [1.165, 1.54) is 18.0 Å². The zero-order chi connectivity index (χ0) is 16.7. The quantitative estimate of drug-likeness (QED) is 0.448. The molecule has 1 heterocycles. The van der Waals surface area contributed by atoms with E-state index < -0.39 is 5.97 Å². The van der Waals surface area contributed by atoms with Gasteiger partial charge in [-0.3, -0.25) is 4.79 Å². The maximum atomic E-state index is 11.4. The summed E-state index contributed by atoms with van der Waals surface area (Å²) in [5.41, 5.74) is 0.641. The first kappa shape index (κ1) is 17.5. The van der Waals surface area contributed by atoms with Crippen LogP contribution in [0.15, 0.2) is 32.9 Å². The van der Waals surface area contributed by atoms with Gasteiger partial charge in [0.25, 0.3) is 0 Å². The van der Waals surface area contributed by atoms with Crippen LogP contribution in [-0.4, -0.2) is 42.2 Å². The van der Waals surface area contributed by atoms with Gasteiger partial charge in [-0.1, -0.05) is 27.7 Å². The number of hydrogen-bond acceptors (Lipinski definition) is 7. The lowest BCUT2D eigenvalue weighted by molar-refractivity contribution is -0.145. The summed E-state index contributed by atoms with van der Waals surface area (Å²) in [7, 11) is 0. The van der Waals surface area contributed by atoms with Gasteiger partial charge in [-0.25, -0.2) is 4.79 Å². The molecule has 1 aliphatic rings. The van der Waals surface area contributed by atoms with E-state index in [0.717, 1.165) is 4.47 Å². The molecule has 122 valence electrons. The largest absolute Gasteiger partial charge is 0.481 e. The monoisotopic (exact) mass is 399 g/mol. The molecule has 1 N–H and O–H groups in total. The first-order valence-corrected chi connectivity index (χ1v) is 8.48. The van der Waals surface area contributed by atoms with Crippen molar-refractivity contribution in [3.63, 3.8) is 0 Å². The van der Waals surface area contributed by atoms with E-state index in [1.54, 1.807) is 25.1 Å². The van der Waals surface area contributed by atoms with Gasteiger partial charge in [-0.05, 0) is 25.1 Å². The molecular formula is C14H14BrN3O4S. The molecule has 0 radical (unpaired) electrons. The summed E-state index contributed by atoms with van der Waals surface area (Å²) in [4.78, 5) is 22.4. The standard InChI is InChI=1S/C14H14BrN3O4S/c1-2-21-13(20)7-22-11-4-3-10(15)5-9(11)6-16-18-14-17-12(19)8-23-14/h3-6H,2,7-8H2,1H3,(H,17,18,19). The number of amides is 1. The number of thioether (sulfide) groups is 1. The molecule has 0 atom stereocenters. The number of amidine groups is 1. The number of rotatable bonds is 6. The molecule has 9 heteroatoms. The second-order valence-electron chi connectivity index (χ2n) is 4.26. The summed E-state index contributed by atoms with van der Waals surface area (Å²) in [5, 5.41) is 10.9. The zero-order valence-corrected chi connectivity index (χ0v) is 14.6. The van der Waals surface area contributed by atoms with E-state index in [9.17, 15) is 9.59 Å². The van der Waals surface area contributed by atoms with Gasteiger partial charge in [0.1, 0.15) is 5.75 Å². The van der Waals surface area contributed by atoms with Gasteiger partial charge in [0.2, 0.25) is 5.91 Å². The van der Waals surface area contributed by atoms with Crippen LogP contribution in [0.1, 0.15) is 12.5 Å². The number of nitrogens with zero attached hydrogens (tertiary/aromatic N) is 2. The number of hydrogen-bond donors (Lipinski definition) is 1. The lowest BCUT2D eigenvalue weighted by atomic mass is 10.2. The number of benzene rings is 1. The van der Waals surface area contributed by atoms with Crippen LogP contribution in [0, 0.1) is 0 Å². The van der Waals surface area contributed by atoms with Crippen molar-refractivity contribution < 1.29 is 19.1 Å². The Bertz CT molecular complexity index is 663. The van der Waals surface area contributed by atoms with Crippen LogP contribution >= 0.6 is 27.7 Å². The summed E-state index contributed by atoms with van der Waals surface area (Å²) < 4.78 is 11.1. The van der Waals surface area contributed by atoms with Crippen LogP contribution in [0.25, 0.3) is 0 Å². The van der Waals surface area contributed by atoms with Crippen molar-refractivity contribution in [2.45, 2.75) is 6.92 Å². The third-order valence-corrected chi connectivity index (χ3v) is 3.91. The molecular weight excluding hydrogens is 386 g/mol. The second-order valence-corrected chi connectivity index (χ2v) is 6.14. The third-order valence-electron chi connectivity index (χ3n) is 2.55. The number of ether oxygens (including phenoxy) is 2. The van der Waals surface area contributed by atoms with Gasteiger partial charge in [0.15, 0.2) is 11.8 Å². The van der Waals surface area contributed by atoms with Crippen LogP contribution in [0.4, 0.5) is 0 Å². The highest BCUT2D eigenvalue weighted by atomic mass is 79.9. The molecule has 0 aliphatic carbocycles. The Morgan fingerprint density at radius 3 is 3.04 bits per heavy atom. The first-order valence-electron chi connectivity index (χ1n) is 6.70. The van der Waals surface area contributed by atoms with E-state index in [0.29, 0.717) is 28.8 Å². The van der Waals surface area contributed by atoms with Gasteiger partial charge in [0.05, 0.1) is 18.6 Å². The fourth-order valence-electron chi connectivity index (χ4n) is 1.61. The third kappa shape index (κ3) is 5.68. The summed E-state index contributed by atoms with van der Waals surface area (Å²) >= 11 is 4.65. The Morgan fingerprint density at radius 1 is 1.52 bits per heavy atom. The Hall–Kier alpha value is -1.87. The van der Waals surface area contributed by atoms with Crippen molar-refractivity contribution in [1.29, 1.82) is 0 Å². The minimum Gasteiger partial charge on any atom is -0.481 e. The number of esters is 1. The van der Waals surface area contributed by atoms with E-state index in [2.05, 4.69) is 31.4 Å². The molecule has 2 rings (SSSR count). The topological polar surface area (TPSA) is 89.3 Å². The molecule has 0 unspecified atom stereocenters. The molecule has 1 aromatic rings. The Kier molecular flexibility index (Phi) is 6.60. The average molecular weight is 400 g/mol. The van der Waals surface area contributed by atoms with E-state index in [-0.39, 0.29) is 12.5 Å². The van der Waals surface area contributed by atoms with Crippen LogP contribution in [0.3, 0.4) is 0 Å². The predicted octanol–water partition coefficient (Wildman–Crippen LogP) is 1.94. The van der Waals surface area contributed by atoms with Crippen molar-refractivity contribution in [3.8, 4) is 5.75 Å². The summed E-state index contributed by atoms with van der Waals surface area (Å²) in [6.45, 7) is 1.85. The summed E-state index contributed by atoms with van der Waals surface area (Å²) in [5.74, 6) is 0.292.